The summed E-state index contributed by atoms with van der Waals surface area (Å²) in [6.07, 6.45) is 0. The number of fused-ring (bicyclic) bond motifs is 2. The molecule has 0 aromatic heterocycles. The van der Waals surface area contributed by atoms with Crippen LogP contribution in [0, 0.1) is 13.8 Å². The molecular weight excluding hydrogens is 506 g/mol. The van der Waals surface area contributed by atoms with E-state index in [1.165, 1.54) is 48.9 Å². The van der Waals surface area contributed by atoms with Gasteiger partial charge in [-0.25, -0.2) is 0 Å². The molecule has 170 valence electrons. The Bertz CT molecular complexity index is 1440. The highest BCUT2D eigenvalue weighted by molar-refractivity contribution is 9.10. The Balaban J connectivity index is 1.77. The largest absolute Gasteiger partial charge is 0.310 e. The summed E-state index contributed by atoms with van der Waals surface area (Å²) in [6.45, 7) is 4.37. The van der Waals surface area contributed by atoms with Crippen LogP contribution in [0.4, 0.5) is 17.1 Å². The van der Waals surface area contributed by atoms with E-state index in [4.69, 9.17) is 0 Å². The zero-order valence-electron chi connectivity index (χ0n) is 19.9. The van der Waals surface area contributed by atoms with Gasteiger partial charge in [-0.1, -0.05) is 119 Å². The van der Waals surface area contributed by atoms with Gasteiger partial charge in [0.05, 0.1) is 5.69 Å². The zero-order valence-corrected chi connectivity index (χ0v) is 22.5. The number of aryl methyl sites for hydroxylation is 2. The van der Waals surface area contributed by atoms with Gasteiger partial charge >= 0.3 is 0 Å². The van der Waals surface area contributed by atoms with Gasteiger partial charge in [0.1, 0.15) is 0 Å². The summed E-state index contributed by atoms with van der Waals surface area (Å²) in [5.41, 5.74) is 6.27. The van der Waals surface area contributed by atoms with E-state index in [1.54, 1.807) is 0 Å². The molecule has 35 heavy (non-hydrogen) atoms. The van der Waals surface area contributed by atoms with Crippen molar-refractivity contribution in [2.45, 2.75) is 13.8 Å². The molecule has 0 radical (unpaired) electrons. The van der Waals surface area contributed by atoms with Crippen LogP contribution in [0.2, 0.25) is 0 Å². The van der Waals surface area contributed by atoms with E-state index in [2.05, 4.69) is 156 Å². The van der Waals surface area contributed by atoms with Crippen molar-refractivity contribution in [3.63, 3.8) is 0 Å². The molecule has 3 heteroatoms. The Labute approximate surface area is 216 Å². The van der Waals surface area contributed by atoms with E-state index in [0.717, 1.165) is 4.47 Å². The fraction of sp³-hybridized carbons (Fsp3) is 0.0625. The van der Waals surface area contributed by atoms with Crippen LogP contribution in [0.25, 0.3) is 0 Å². The number of para-hydroxylation sites is 2. The van der Waals surface area contributed by atoms with Crippen LogP contribution in [0.1, 0.15) is 11.1 Å². The Hall–Kier alpha value is -3.40. The van der Waals surface area contributed by atoms with E-state index in [0.29, 0.717) is 0 Å². The highest BCUT2D eigenvalue weighted by Crippen LogP contribution is 2.41. The van der Waals surface area contributed by atoms with Gasteiger partial charge in [-0.15, -0.1) is 0 Å². The summed E-state index contributed by atoms with van der Waals surface area (Å²) in [5, 5.41) is 5.67. The maximum absolute atomic E-state index is 3.80. The average molecular weight is 533 g/mol. The molecule has 6 rings (SSSR count). The lowest BCUT2D eigenvalue weighted by atomic mass is 10.1. The van der Waals surface area contributed by atoms with Crippen molar-refractivity contribution in [2.75, 3.05) is 4.90 Å². The molecule has 0 bridgehead atoms. The second kappa shape index (κ2) is 8.67. The molecular formula is C32H26BrNSi. The van der Waals surface area contributed by atoms with Gasteiger partial charge in [0.25, 0.3) is 0 Å². The Kier molecular flexibility index (Phi) is 5.47. The van der Waals surface area contributed by atoms with E-state index < -0.39 is 8.07 Å². The second-order valence-corrected chi connectivity index (χ2v) is 13.8. The van der Waals surface area contributed by atoms with Crippen molar-refractivity contribution in [3.05, 3.63) is 137 Å². The van der Waals surface area contributed by atoms with Crippen molar-refractivity contribution in [3.8, 4) is 0 Å². The number of anilines is 3. The smallest absolute Gasteiger partial charge is 0.184 e. The number of hydrogen-bond acceptors (Lipinski definition) is 1. The van der Waals surface area contributed by atoms with Crippen LogP contribution in [-0.2, 0) is 0 Å². The number of benzene rings is 5. The molecule has 0 saturated carbocycles. The minimum absolute atomic E-state index is 1.13. The Morgan fingerprint density at radius 2 is 0.971 bits per heavy atom. The zero-order chi connectivity index (χ0) is 24.0. The van der Waals surface area contributed by atoms with Crippen molar-refractivity contribution in [1.82, 2.24) is 0 Å². The third-order valence-electron chi connectivity index (χ3n) is 7.23. The highest BCUT2D eigenvalue weighted by atomic mass is 79.9. The van der Waals surface area contributed by atoms with Crippen molar-refractivity contribution < 1.29 is 0 Å². The Morgan fingerprint density at radius 1 is 0.514 bits per heavy atom. The van der Waals surface area contributed by atoms with Crippen LogP contribution in [0.3, 0.4) is 0 Å². The fourth-order valence-corrected chi connectivity index (χ4v) is 11.2. The van der Waals surface area contributed by atoms with Crippen LogP contribution in [-0.4, -0.2) is 8.07 Å². The predicted molar refractivity (Wildman–Crippen MR) is 155 cm³/mol. The number of hydrogen-bond donors (Lipinski definition) is 0. The van der Waals surface area contributed by atoms with Crippen LogP contribution in [0.5, 0.6) is 0 Å². The molecule has 0 N–H and O–H groups in total. The lowest BCUT2D eigenvalue weighted by molar-refractivity contribution is 1.23. The fourth-order valence-electron chi connectivity index (χ4n) is 5.73. The molecule has 0 spiro atoms. The maximum Gasteiger partial charge on any atom is 0.184 e. The number of nitrogens with zero attached hydrogens (tertiary/aromatic N) is 1. The molecule has 5 aromatic carbocycles. The summed E-state index contributed by atoms with van der Waals surface area (Å²) < 4.78 is 1.13. The van der Waals surface area contributed by atoms with Crippen LogP contribution < -0.4 is 25.6 Å². The number of rotatable bonds is 3. The van der Waals surface area contributed by atoms with Gasteiger partial charge in [0.2, 0.25) is 0 Å². The van der Waals surface area contributed by atoms with Gasteiger partial charge in [-0.2, -0.15) is 0 Å². The molecule has 0 saturated heterocycles. The topological polar surface area (TPSA) is 3.24 Å². The van der Waals surface area contributed by atoms with Crippen molar-refractivity contribution >= 4 is 61.8 Å². The molecule has 0 amide bonds. The standard InChI is InChI=1S/C32H26BrNSi/c1-23-21-24(2)30(22-27(23)33)34-28-17-9-11-19-31(28)35(25-13-5-3-6-14-25,26-15-7-4-8-16-26)32-20-12-10-18-29(32)34/h3-22H,1-2H3. The minimum atomic E-state index is -2.55. The summed E-state index contributed by atoms with van der Waals surface area (Å²) in [6, 6.07) is 44.9. The third kappa shape index (κ3) is 3.34. The molecule has 1 aliphatic heterocycles. The van der Waals surface area contributed by atoms with E-state index in [9.17, 15) is 0 Å². The first-order valence-electron chi connectivity index (χ1n) is 12.0. The summed E-state index contributed by atoms with van der Waals surface area (Å²) in [4.78, 5) is 2.47. The lowest BCUT2D eigenvalue weighted by Gasteiger charge is -2.45. The number of halogens is 1. The third-order valence-corrected chi connectivity index (χ3v) is 12.9. The lowest BCUT2D eigenvalue weighted by Crippen LogP contribution is -2.77. The summed E-state index contributed by atoms with van der Waals surface area (Å²) >= 11 is 3.80. The van der Waals surface area contributed by atoms with E-state index in [-0.39, 0.29) is 0 Å². The van der Waals surface area contributed by atoms with Gasteiger partial charge in [-0.3, -0.25) is 0 Å². The first-order chi connectivity index (χ1) is 17.1. The first kappa shape index (κ1) is 22.1. The predicted octanol–water partition coefficient (Wildman–Crippen LogP) is 6.23. The van der Waals surface area contributed by atoms with Gasteiger partial charge < -0.3 is 4.90 Å². The van der Waals surface area contributed by atoms with E-state index in [1.807, 2.05) is 0 Å². The average Bonchev–Trinajstić information content (AvgIpc) is 2.91. The molecule has 0 fully saturated rings. The highest BCUT2D eigenvalue weighted by Gasteiger charge is 2.48. The summed E-state index contributed by atoms with van der Waals surface area (Å²) in [7, 11) is -2.55. The molecule has 1 aliphatic rings. The second-order valence-electron chi connectivity index (χ2n) is 9.24. The minimum Gasteiger partial charge on any atom is -0.310 e. The van der Waals surface area contributed by atoms with Crippen LogP contribution >= 0.6 is 15.9 Å². The molecule has 1 heterocycles. The summed E-state index contributed by atoms with van der Waals surface area (Å²) in [5.74, 6) is 0. The first-order valence-corrected chi connectivity index (χ1v) is 14.8. The molecule has 1 nitrogen and oxygen atoms in total. The monoisotopic (exact) mass is 531 g/mol. The van der Waals surface area contributed by atoms with Gasteiger partial charge in [0, 0.05) is 15.8 Å². The Morgan fingerprint density at radius 3 is 1.49 bits per heavy atom. The van der Waals surface area contributed by atoms with Crippen molar-refractivity contribution in [2.24, 2.45) is 0 Å². The molecule has 0 atom stereocenters. The quantitative estimate of drug-likeness (QED) is 0.245. The van der Waals surface area contributed by atoms with Gasteiger partial charge in [-0.05, 0) is 63.9 Å². The van der Waals surface area contributed by atoms with Crippen LogP contribution in [0.15, 0.2) is 126 Å². The molecule has 0 aliphatic carbocycles. The van der Waals surface area contributed by atoms with Crippen molar-refractivity contribution in [1.29, 1.82) is 0 Å². The molecule has 5 aromatic rings. The normalized spacial score (nSPS) is 13.7. The maximum atomic E-state index is 3.80. The molecule has 0 unspecified atom stereocenters. The van der Waals surface area contributed by atoms with E-state index >= 15 is 0 Å². The van der Waals surface area contributed by atoms with Gasteiger partial charge in [0.15, 0.2) is 8.07 Å². The SMILES string of the molecule is Cc1cc(C)c(N2c3ccccc3[Si](c3ccccc3)(c3ccccc3)c3ccccc32)cc1Br.